The summed E-state index contributed by atoms with van der Waals surface area (Å²) in [5.41, 5.74) is -0.684. The number of nitro groups is 1. The first-order chi connectivity index (χ1) is 14.3. The largest absolute Gasteiger partial charge is 0.320 e. The molecule has 0 radical (unpaired) electrons. The summed E-state index contributed by atoms with van der Waals surface area (Å²) in [6, 6.07) is 5.87. The van der Waals surface area contributed by atoms with Crippen LogP contribution in [-0.2, 0) is 14.8 Å². The highest BCUT2D eigenvalue weighted by molar-refractivity contribution is 7.90. The van der Waals surface area contributed by atoms with E-state index < -0.39 is 31.4 Å². The SMILES string of the molecule is O=C(NS(=O)(=O)c1ccc(NC(=O)C2CCNCC2)c([N+](=O)[O-])c1)c1cccnc1. The predicted octanol–water partition coefficient (Wildman–Crippen LogP) is 1.05. The lowest BCUT2D eigenvalue weighted by molar-refractivity contribution is -0.384. The Morgan fingerprint density at radius 1 is 1.20 bits per heavy atom. The number of nitro benzene ring substituents is 1. The molecule has 1 fully saturated rings. The first-order valence-corrected chi connectivity index (χ1v) is 10.5. The van der Waals surface area contributed by atoms with Gasteiger partial charge in [0.1, 0.15) is 5.69 Å². The van der Waals surface area contributed by atoms with Crippen LogP contribution in [0.5, 0.6) is 0 Å². The molecule has 1 aromatic heterocycles. The number of pyridine rings is 1. The summed E-state index contributed by atoms with van der Waals surface area (Å²) < 4.78 is 26.8. The van der Waals surface area contributed by atoms with Crippen LogP contribution in [0.2, 0.25) is 0 Å². The van der Waals surface area contributed by atoms with Crippen LogP contribution >= 0.6 is 0 Å². The van der Waals surface area contributed by atoms with Crippen molar-refractivity contribution < 1.29 is 22.9 Å². The average molecular weight is 433 g/mol. The standard InChI is InChI=1S/C18H19N5O6S/c24-17(12-5-8-19-9-6-12)21-15-4-3-14(10-16(15)23(26)27)30(28,29)22-18(25)13-2-1-7-20-11-13/h1-4,7,10-12,19H,5-6,8-9H2,(H,21,24)(H,22,25). The molecule has 2 aromatic rings. The minimum atomic E-state index is -4.38. The molecule has 2 heterocycles. The van der Waals surface area contributed by atoms with Crippen LogP contribution in [0, 0.1) is 16.0 Å². The quantitative estimate of drug-likeness (QED) is 0.450. The van der Waals surface area contributed by atoms with Crippen molar-refractivity contribution in [3.05, 3.63) is 58.4 Å². The first kappa shape index (κ1) is 21.3. The van der Waals surface area contributed by atoms with Gasteiger partial charge in [-0.3, -0.25) is 24.7 Å². The Balaban J connectivity index is 1.82. The normalized spacial score (nSPS) is 14.7. The van der Waals surface area contributed by atoms with E-state index in [1.807, 2.05) is 4.72 Å². The van der Waals surface area contributed by atoms with Crippen molar-refractivity contribution in [3.8, 4) is 0 Å². The van der Waals surface area contributed by atoms with Crippen molar-refractivity contribution in [1.82, 2.24) is 15.0 Å². The summed E-state index contributed by atoms with van der Waals surface area (Å²) in [4.78, 5) is 38.4. The molecule has 1 saturated heterocycles. The van der Waals surface area contributed by atoms with E-state index in [1.54, 1.807) is 0 Å². The second-order valence-electron chi connectivity index (χ2n) is 6.63. The fourth-order valence-corrected chi connectivity index (χ4v) is 3.98. The second kappa shape index (κ2) is 8.97. The van der Waals surface area contributed by atoms with Crippen LogP contribution in [0.3, 0.4) is 0 Å². The van der Waals surface area contributed by atoms with Gasteiger partial charge >= 0.3 is 0 Å². The number of benzene rings is 1. The molecule has 1 aliphatic heterocycles. The number of anilines is 1. The second-order valence-corrected chi connectivity index (χ2v) is 8.31. The smallest absolute Gasteiger partial charge is 0.294 e. The lowest BCUT2D eigenvalue weighted by atomic mass is 9.97. The fraction of sp³-hybridized carbons (Fsp3) is 0.278. The molecular formula is C18H19N5O6S. The Hall–Kier alpha value is -3.38. The molecule has 0 bridgehead atoms. The lowest BCUT2D eigenvalue weighted by Crippen LogP contribution is -2.34. The van der Waals surface area contributed by atoms with E-state index in [0.29, 0.717) is 25.9 Å². The van der Waals surface area contributed by atoms with E-state index in [9.17, 15) is 28.1 Å². The third kappa shape index (κ3) is 4.96. The molecule has 0 atom stereocenters. The maximum atomic E-state index is 12.5. The van der Waals surface area contributed by atoms with Crippen LogP contribution in [-0.4, -0.2) is 43.2 Å². The number of carbonyl (C=O) groups excluding carboxylic acids is 2. The van der Waals surface area contributed by atoms with Gasteiger partial charge in [0.05, 0.1) is 15.4 Å². The minimum Gasteiger partial charge on any atom is -0.320 e. The monoisotopic (exact) mass is 433 g/mol. The fourth-order valence-electron chi connectivity index (χ4n) is 2.99. The highest BCUT2D eigenvalue weighted by Crippen LogP contribution is 2.28. The highest BCUT2D eigenvalue weighted by atomic mass is 32.2. The Labute approximate surface area is 172 Å². The highest BCUT2D eigenvalue weighted by Gasteiger charge is 2.27. The third-order valence-corrected chi connectivity index (χ3v) is 5.92. The minimum absolute atomic E-state index is 0.0152. The molecule has 0 aliphatic carbocycles. The van der Waals surface area contributed by atoms with Gasteiger partial charge in [-0.05, 0) is 50.2 Å². The Morgan fingerprint density at radius 3 is 2.57 bits per heavy atom. The molecular weight excluding hydrogens is 414 g/mol. The van der Waals surface area contributed by atoms with E-state index in [1.165, 1.54) is 24.5 Å². The zero-order valence-electron chi connectivity index (χ0n) is 15.7. The third-order valence-electron chi connectivity index (χ3n) is 4.59. The van der Waals surface area contributed by atoms with E-state index in [4.69, 9.17) is 0 Å². The van der Waals surface area contributed by atoms with Gasteiger partial charge in [-0.25, -0.2) is 13.1 Å². The van der Waals surface area contributed by atoms with Crippen LogP contribution in [0.4, 0.5) is 11.4 Å². The summed E-state index contributed by atoms with van der Waals surface area (Å²) in [5, 5.41) is 17.1. The number of sulfonamides is 1. The average Bonchev–Trinajstić information content (AvgIpc) is 2.74. The van der Waals surface area contributed by atoms with Gasteiger partial charge in [0.25, 0.3) is 21.6 Å². The summed E-state index contributed by atoms with van der Waals surface area (Å²) in [6.45, 7) is 1.35. The molecule has 3 rings (SSSR count). The van der Waals surface area contributed by atoms with Crippen molar-refractivity contribution in [2.75, 3.05) is 18.4 Å². The molecule has 0 saturated carbocycles. The van der Waals surface area contributed by atoms with Gasteiger partial charge in [0.15, 0.2) is 0 Å². The van der Waals surface area contributed by atoms with Crippen molar-refractivity contribution in [3.63, 3.8) is 0 Å². The van der Waals surface area contributed by atoms with E-state index >= 15 is 0 Å². The van der Waals surface area contributed by atoms with Gasteiger partial charge in [-0.15, -0.1) is 0 Å². The number of nitrogens with zero attached hydrogens (tertiary/aromatic N) is 2. The molecule has 12 heteroatoms. The van der Waals surface area contributed by atoms with Gasteiger partial charge in [0, 0.05) is 24.4 Å². The van der Waals surface area contributed by atoms with Gasteiger partial charge in [-0.2, -0.15) is 0 Å². The summed E-state index contributed by atoms with van der Waals surface area (Å²) in [6.07, 6.45) is 3.82. The van der Waals surface area contributed by atoms with Crippen molar-refractivity contribution in [2.24, 2.45) is 5.92 Å². The van der Waals surface area contributed by atoms with Gasteiger partial charge in [-0.1, -0.05) is 0 Å². The summed E-state index contributed by atoms with van der Waals surface area (Å²) >= 11 is 0. The van der Waals surface area contributed by atoms with E-state index in [-0.39, 0.29) is 23.1 Å². The molecule has 2 amide bonds. The summed E-state index contributed by atoms with van der Waals surface area (Å²) in [5.74, 6) is -1.57. The van der Waals surface area contributed by atoms with Gasteiger partial charge in [0.2, 0.25) is 5.91 Å². The molecule has 158 valence electrons. The van der Waals surface area contributed by atoms with E-state index in [0.717, 1.165) is 18.2 Å². The van der Waals surface area contributed by atoms with Crippen LogP contribution in [0.25, 0.3) is 0 Å². The zero-order chi connectivity index (χ0) is 21.7. The molecule has 30 heavy (non-hydrogen) atoms. The van der Waals surface area contributed by atoms with Crippen molar-refractivity contribution in [1.29, 1.82) is 0 Å². The first-order valence-electron chi connectivity index (χ1n) is 9.05. The topological polar surface area (TPSA) is 160 Å². The number of carbonyl (C=O) groups is 2. The van der Waals surface area contributed by atoms with Crippen LogP contribution < -0.4 is 15.4 Å². The number of amides is 2. The Morgan fingerprint density at radius 2 is 1.93 bits per heavy atom. The molecule has 3 N–H and O–H groups in total. The lowest BCUT2D eigenvalue weighted by Gasteiger charge is -2.21. The molecule has 0 spiro atoms. The number of nitrogens with one attached hydrogen (secondary N) is 3. The number of piperidine rings is 1. The van der Waals surface area contributed by atoms with E-state index in [2.05, 4.69) is 15.6 Å². The van der Waals surface area contributed by atoms with Crippen LogP contribution in [0.15, 0.2) is 47.6 Å². The molecule has 11 nitrogen and oxygen atoms in total. The maximum absolute atomic E-state index is 12.5. The number of aromatic nitrogens is 1. The number of rotatable bonds is 6. The van der Waals surface area contributed by atoms with Crippen molar-refractivity contribution >= 4 is 33.2 Å². The number of hydrogen-bond donors (Lipinski definition) is 3. The molecule has 1 aliphatic rings. The van der Waals surface area contributed by atoms with Gasteiger partial charge < -0.3 is 10.6 Å². The van der Waals surface area contributed by atoms with Crippen molar-refractivity contribution in [2.45, 2.75) is 17.7 Å². The summed E-state index contributed by atoms with van der Waals surface area (Å²) in [7, 11) is -4.38. The Kier molecular flexibility index (Phi) is 6.37. The Bertz CT molecular complexity index is 1070. The maximum Gasteiger partial charge on any atom is 0.294 e. The predicted molar refractivity (Wildman–Crippen MR) is 106 cm³/mol. The molecule has 1 aromatic carbocycles. The van der Waals surface area contributed by atoms with Crippen LogP contribution in [0.1, 0.15) is 23.2 Å². The zero-order valence-corrected chi connectivity index (χ0v) is 16.5. The molecule has 0 unspecified atom stereocenters. The number of hydrogen-bond acceptors (Lipinski definition) is 8.